The van der Waals surface area contributed by atoms with Gasteiger partial charge in [0, 0.05) is 25.0 Å². The van der Waals surface area contributed by atoms with Crippen molar-refractivity contribution in [3.05, 3.63) is 77.6 Å². The highest BCUT2D eigenvalue weighted by atomic mass is 19.1. The Hall–Kier alpha value is -3.33. The fourth-order valence-electron chi connectivity index (χ4n) is 2.70. The molecule has 0 spiro atoms. The Balaban J connectivity index is 2.07. The topological polar surface area (TPSA) is 62.9 Å². The van der Waals surface area contributed by atoms with Gasteiger partial charge in [0.1, 0.15) is 23.4 Å². The summed E-state index contributed by atoms with van der Waals surface area (Å²) >= 11 is 0. The van der Waals surface area contributed by atoms with E-state index < -0.39 is 11.9 Å². The molecule has 1 atom stereocenters. The Bertz CT molecular complexity index is 929. The monoisotopic (exact) mass is 336 g/mol. The summed E-state index contributed by atoms with van der Waals surface area (Å²) in [7, 11) is 3.47. The van der Waals surface area contributed by atoms with Gasteiger partial charge in [-0.1, -0.05) is 18.2 Å². The summed E-state index contributed by atoms with van der Waals surface area (Å²) in [6, 6.07) is 13.4. The van der Waals surface area contributed by atoms with Gasteiger partial charge in [-0.25, -0.2) is 9.37 Å². The lowest BCUT2D eigenvalue weighted by Crippen LogP contribution is -2.18. The fourth-order valence-corrected chi connectivity index (χ4v) is 2.70. The number of nitrogens with zero attached hydrogens (tertiary/aromatic N) is 3. The number of hydrogen-bond donors (Lipinski definition) is 1. The number of rotatable bonds is 5. The first-order valence-electron chi connectivity index (χ1n) is 7.70. The summed E-state index contributed by atoms with van der Waals surface area (Å²) in [5.41, 5.74) is 1.40. The van der Waals surface area contributed by atoms with E-state index in [1.54, 1.807) is 25.4 Å². The Kier molecular flexibility index (Phi) is 4.66. The van der Waals surface area contributed by atoms with E-state index in [1.807, 2.05) is 48.1 Å². The van der Waals surface area contributed by atoms with Gasteiger partial charge in [0.15, 0.2) is 0 Å². The average molecular weight is 336 g/mol. The van der Waals surface area contributed by atoms with Gasteiger partial charge in [0.2, 0.25) is 0 Å². The molecule has 3 rings (SSSR count). The Morgan fingerprint density at radius 1 is 1.28 bits per heavy atom. The minimum absolute atomic E-state index is 0.272. The van der Waals surface area contributed by atoms with Crippen LogP contribution in [0.15, 0.2) is 54.9 Å². The molecule has 0 saturated carbocycles. The van der Waals surface area contributed by atoms with Crippen LogP contribution in [0.1, 0.15) is 23.0 Å². The van der Waals surface area contributed by atoms with Crippen molar-refractivity contribution in [3.63, 3.8) is 0 Å². The summed E-state index contributed by atoms with van der Waals surface area (Å²) in [6.07, 6.45) is 3.52. The van der Waals surface area contributed by atoms with Crippen LogP contribution in [0.25, 0.3) is 0 Å². The number of aromatic nitrogens is 2. The van der Waals surface area contributed by atoms with Crippen LogP contribution in [0.2, 0.25) is 0 Å². The molecule has 0 radical (unpaired) electrons. The zero-order chi connectivity index (χ0) is 17.8. The molecule has 0 amide bonds. The molecule has 0 aliphatic heterocycles. The van der Waals surface area contributed by atoms with Gasteiger partial charge in [-0.05, 0) is 24.3 Å². The lowest BCUT2D eigenvalue weighted by atomic mass is 10.0. The third kappa shape index (κ3) is 3.31. The molecule has 6 heteroatoms. The van der Waals surface area contributed by atoms with Crippen molar-refractivity contribution < 1.29 is 9.13 Å². The number of anilines is 1. The lowest BCUT2D eigenvalue weighted by Gasteiger charge is -2.22. The molecule has 3 aromatic rings. The van der Waals surface area contributed by atoms with Crippen LogP contribution in [0.3, 0.4) is 0 Å². The van der Waals surface area contributed by atoms with Gasteiger partial charge >= 0.3 is 0 Å². The number of imidazole rings is 1. The van der Waals surface area contributed by atoms with Gasteiger partial charge in [0.25, 0.3) is 0 Å². The van der Waals surface area contributed by atoms with E-state index in [0.717, 1.165) is 5.56 Å². The quantitative estimate of drug-likeness (QED) is 0.773. The molecule has 25 heavy (non-hydrogen) atoms. The van der Waals surface area contributed by atoms with Gasteiger partial charge in [-0.15, -0.1) is 0 Å². The predicted octanol–water partition coefficient (Wildman–Crippen LogP) is 3.64. The van der Waals surface area contributed by atoms with Crippen molar-refractivity contribution in [2.45, 2.75) is 6.04 Å². The molecule has 126 valence electrons. The Labute approximate surface area is 145 Å². The van der Waals surface area contributed by atoms with E-state index in [1.165, 1.54) is 6.07 Å². The molecule has 1 aromatic heterocycles. The molecule has 1 unspecified atom stereocenters. The number of methoxy groups -OCH3 is 1. The number of hydrogen-bond acceptors (Lipinski definition) is 4. The van der Waals surface area contributed by atoms with Crippen molar-refractivity contribution >= 4 is 5.69 Å². The van der Waals surface area contributed by atoms with Crippen LogP contribution in [-0.4, -0.2) is 16.7 Å². The molecule has 1 N–H and O–H groups in total. The van der Waals surface area contributed by atoms with Crippen LogP contribution in [0.4, 0.5) is 10.1 Å². The Morgan fingerprint density at radius 3 is 2.72 bits per heavy atom. The van der Waals surface area contributed by atoms with Crippen molar-refractivity contribution in [1.29, 1.82) is 5.26 Å². The van der Waals surface area contributed by atoms with Gasteiger partial charge in [-0.3, -0.25) is 0 Å². The first kappa shape index (κ1) is 16.5. The maximum atomic E-state index is 14.4. The molecule has 5 nitrogen and oxygen atoms in total. The fraction of sp³-hybridized carbons (Fsp3) is 0.158. The number of benzene rings is 2. The van der Waals surface area contributed by atoms with E-state index in [9.17, 15) is 4.39 Å². The van der Waals surface area contributed by atoms with Crippen LogP contribution in [0.5, 0.6) is 5.75 Å². The Morgan fingerprint density at radius 2 is 2.08 bits per heavy atom. The number of aryl methyl sites for hydroxylation is 1. The van der Waals surface area contributed by atoms with Crippen molar-refractivity contribution in [2.24, 2.45) is 7.05 Å². The molecular formula is C19H17FN4O. The number of para-hydroxylation sites is 1. The zero-order valence-electron chi connectivity index (χ0n) is 13.9. The molecule has 0 fully saturated rings. The lowest BCUT2D eigenvalue weighted by molar-refractivity contribution is 0.408. The summed E-state index contributed by atoms with van der Waals surface area (Å²) < 4.78 is 21.7. The molecular weight excluding hydrogens is 319 g/mol. The highest BCUT2D eigenvalue weighted by Gasteiger charge is 2.22. The van der Waals surface area contributed by atoms with Gasteiger partial charge in [-0.2, -0.15) is 5.26 Å². The normalized spacial score (nSPS) is 11.6. The zero-order valence-corrected chi connectivity index (χ0v) is 13.9. The third-order valence-corrected chi connectivity index (χ3v) is 3.96. The first-order valence-corrected chi connectivity index (χ1v) is 7.70. The average Bonchev–Trinajstić information content (AvgIpc) is 3.06. The van der Waals surface area contributed by atoms with Crippen LogP contribution in [-0.2, 0) is 7.05 Å². The summed E-state index contributed by atoms with van der Waals surface area (Å²) in [6.45, 7) is 0. The van der Waals surface area contributed by atoms with Crippen LogP contribution < -0.4 is 10.1 Å². The maximum Gasteiger partial charge on any atom is 0.147 e. The molecule has 0 bridgehead atoms. The highest BCUT2D eigenvalue weighted by Crippen LogP contribution is 2.32. The van der Waals surface area contributed by atoms with Crippen molar-refractivity contribution in [3.8, 4) is 11.8 Å². The first-order chi connectivity index (χ1) is 12.1. The van der Waals surface area contributed by atoms with E-state index in [4.69, 9.17) is 10.00 Å². The summed E-state index contributed by atoms with van der Waals surface area (Å²) in [5.74, 6) is 0.901. The van der Waals surface area contributed by atoms with E-state index in [-0.39, 0.29) is 11.3 Å². The minimum Gasteiger partial charge on any atom is -0.496 e. The SMILES string of the molecule is COc1ccccc1C(Nc1ccc(C#N)cc1F)c1nccn1C. The van der Waals surface area contributed by atoms with E-state index in [2.05, 4.69) is 10.3 Å². The summed E-state index contributed by atoms with van der Waals surface area (Å²) in [4.78, 5) is 4.40. The number of nitriles is 1. The molecule has 0 aliphatic carbocycles. The van der Waals surface area contributed by atoms with Crippen molar-refractivity contribution in [2.75, 3.05) is 12.4 Å². The van der Waals surface area contributed by atoms with Gasteiger partial charge < -0.3 is 14.6 Å². The van der Waals surface area contributed by atoms with E-state index in [0.29, 0.717) is 11.6 Å². The number of nitrogens with one attached hydrogen (secondary N) is 1. The maximum absolute atomic E-state index is 14.4. The van der Waals surface area contributed by atoms with Crippen LogP contribution >= 0.6 is 0 Å². The molecule has 0 aliphatic rings. The second kappa shape index (κ2) is 7.05. The molecule has 1 heterocycles. The second-order valence-corrected chi connectivity index (χ2v) is 5.52. The molecule has 2 aromatic carbocycles. The largest absolute Gasteiger partial charge is 0.496 e. The number of halogens is 1. The van der Waals surface area contributed by atoms with E-state index >= 15 is 0 Å². The number of ether oxygens (including phenoxy) is 1. The molecule has 0 saturated heterocycles. The smallest absolute Gasteiger partial charge is 0.147 e. The van der Waals surface area contributed by atoms with Crippen molar-refractivity contribution in [1.82, 2.24) is 9.55 Å². The second-order valence-electron chi connectivity index (χ2n) is 5.52. The third-order valence-electron chi connectivity index (χ3n) is 3.96. The minimum atomic E-state index is -0.492. The summed E-state index contributed by atoms with van der Waals surface area (Å²) in [5, 5.41) is 12.1. The predicted molar refractivity (Wildman–Crippen MR) is 92.8 cm³/mol. The van der Waals surface area contributed by atoms with Gasteiger partial charge in [0.05, 0.1) is 24.4 Å². The highest BCUT2D eigenvalue weighted by molar-refractivity contribution is 5.53. The standard InChI is InChI=1S/C19H17FN4O/c1-24-10-9-22-19(24)18(14-5-3-4-6-17(14)25-2)23-16-8-7-13(12-21)11-15(16)20/h3-11,18,23H,1-2H3. The van der Waals surface area contributed by atoms with Crippen LogP contribution in [0, 0.1) is 17.1 Å².